The largest absolute Gasteiger partial charge is 0.390 e. The molecule has 23 heavy (non-hydrogen) atoms. The van der Waals surface area contributed by atoms with Crippen LogP contribution in [0.2, 0.25) is 0 Å². The fraction of sp³-hybridized carbons (Fsp3) is 0.938. The van der Waals surface area contributed by atoms with Crippen LogP contribution < -0.4 is 5.73 Å². The molecule has 0 spiro atoms. The molecule has 2 rings (SSSR count). The van der Waals surface area contributed by atoms with E-state index in [-0.39, 0.29) is 30.3 Å². The average Bonchev–Trinajstić information content (AvgIpc) is 3.27. The number of halogens is 4. The first-order chi connectivity index (χ1) is 10.3. The maximum Gasteiger partial charge on any atom is 0.390 e. The van der Waals surface area contributed by atoms with Crippen LogP contribution in [0.25, 0.3) is 0 Å². The Bertz CT molecular complexity index is 380. The van der Waals surface area contributed by atoms with Crippen LogP contribution in [0.3, 0.4) is 0 Å². The third kappa shape index (κ3) is 6.87. The van der Waals surface area contributed by atoms with Crippen molar-refractivity contribution in [2.45, 2.75) is 64.0 Å². The number of alkyl halides is 3. The van der Waals surface area contributed by atoms with Crippen molar-refractivity contribution in [1.82, 2.24) is 4.90 Å². The second-order valence-electron chi connectivity index (χ2n) is 7.09. The molecule has 0 aromatic rings. The third-order valence-electron chi connectivity index (χ3n) is 5.07. The monoisotopic (exact) mass is 356 g/mol. The first kappa shape index (κ1) is 20.6. The molecule has 0 unspecified atom stereocenters. The second kappa shape index (κ2) is 8.56. The number of carbonyl (C=O) groups is 1. The number of nitrogens with two attached hydrogens (primary N) is 1. The summed E-state index contributed by atoms with van der Waals surface area (Å²) < 4.78 is 37.4. The van der Waals surface area contributed by atoms with E-state index in [9.17, 15) is 18.0 Å². The van der Waals surface area contributed by atoms with E-state index in [1.807, 2.05) is 0 Å². The summed E-state index contributed by atoms with van der Waals surface area (Å²) in [5.74, 6) is 0.265. The topological polar surface area (TPSA) is 46.3 Å². The number of hydrogen-bond acceptors (Lipinski definition) is 2. The molecule has 0 bridgehead atoms. The summed E-state index contributed by atoms with van der Waals surface area (Å²) in [6, 6.07) is 0. The van der Waals surface area contributed by atoms with Crippen molar-refractivity contribution in [3.8, 4) is 0 Å². The molecule has 3 nitrogen and oxygen atoms in total. The Morgan fingerprint density at radius 3 is 2.26 bits per heavy atom. The summed E-state index contributed by atoms with van der Waals surface area (Å²) in [6.07, 6.45) is 2.38. The van der Waals surface area contributed by atoms with Crippen LogP contribution in [0.4, 0.5) is 13.2 Å². The van der Waals surface area contributed by atoms with E-state index < -0.39 is 12.6 Å². The smallest absolute Gasteiger partial charge is 0.342 e. The molecule has 1 amide bonds. The van der Waals surface area contributed by atoms with Gasteiger partial charge in [0, 0.05) is 19.5 Å². The van der Waals surface area contributed by atoms with Crippen LogP contribution in [-0.2, 0) is 4.79 Å². The van der Waals surface area contributed by atoms with Gasteiger partial charge in [-0.05, 0) is 43.6 Å². The van der Waals surface area contributed by atoms with Crippen molar-refractivity contribution >= 4 is 18.3 Å². The zero-order chi connectivity index (χ0) is 16.2. The van der Waals surface area contributed by atoms with E-state index in [2.05, 4.69) is 0 Å². The van der Waals surface area contributed by atoms with Crippen molar-refractivity contribution < 1.29 is 18.0 Å². The first-order valence-electron chi connectivity index (χ1n) is 8.38. The molecule has 0 aromatic carbocycles. The molecule has 0 heterocycles. The molecule has 0 aromatic heterocycles. The lowest BCUT2D eigenvalue weighted by Crippen LogP contribution is -2.42. The zero-order valence-corrected chi connectivity index (χ0v) is 14.4. The Kier molecular flexibility index (Phi) is 7.65. The SMILES string of the molecule is Cl.NCC1(CC(=O)N(CCC(F)(F)F)CC2CC2)CCCCC1. The lowest BCUT2D eigenvalue weighted by Gasteiger charge is -2.37. The number of nitrogens with zero attached hydrogens (tertiary/aromatic N) is 1. The summed E-state index contributed by atoms with van der Waals surface area (Å²) >= 11 is 0. The number of amides is 1. The molecule has 0 radical (unpaired) electrons. The normalized spacial score (nSPS) is 20.7. The summed E-state index contributed by atoms with van der Waals surface area (Å²) in [6.45, 7) is 0.727. The standard InChI is InChI=1S/C16H27F3N2O.ClH/c17-16(18,19)8-9-21(11-13-4-5-13)14(22)10-15(12-20)6-2-1-3-7-15;/h13H,1-12,20H2;1H. The van der Waals surface area contributed by atoms with Gasteiger partial charge in [-0.3, -0.25) is 4.79 Å². The van der Waals surface area contributed by atoms with Crippen LogP contribution in [0.1, 0.15) is 57.8 Å². The van der Waals surface area contributed by atoms with E-state index in [0.717, 1.165) is 44.9 Å². The molecular formula is C16H28ClF3N2O. The van der Waals surface area contributed by atoms with Crippen LogP contribution in [-0.4, -0.2) is 36.6 Å². The molecule has 2 aliphatic carbocycles. The number of hydrogen-bond donors (Lipinski definition) is 1. The van der Waals surface area contributed by atoms with E-state index in [1.54, 1.807) is 0 Å². The number of rotatable bonds is 7. The van der Waals surface area contributed by atoms with Gasteiger partial charge in [0.15, 0.2) is 0 Å². The highest BCUT2D eigenvalue weighted by atomic mass is 35.5. The zero-order valence-electron chi connectivity index (χ0n) is 13.5. The van der Waals surface area contributed by atoms with Gasteiger partial charge in [-0.1, -0.05) is 19.3 Å². The summed E-state index contributed by atoms with van der Waals surface area (Å²) in [5.41, 5.74) is 5.71. The molecule has 136 valence electrons. The molecule has 0 atom stereocenters. The van der Waals surface area contributed by atoms with Gasteiger partial charge in [-0.15, -0.1) is 12.4 Å². The minimum absolute atomic E-state index is 0. The average molecular weight is 357 g/mol. The molecule has 2 fully saturated rings. The van der Waals surface area contributed by atoms with Crippen molar-refractivity contribution in [3.63, 3.8) is 0 Å². The van der Waals surface area contributed by atoms with E-state index >= 15 is 0 Å². The van der Waals surface area contributed by atoms with Crippen LogP contribution >= 0.6 is 12.4 Å². The Balaban J connectivity index is 0.00000264. The fourth-order valence-electron chi connectivity index (χ4n) is 3.38. The maximum absolute atomic E-state index is 12.6. The molecule has 2 saturated carbocycles. The highest BCUT2D eigenvalue weighted by Crippen LogP contribution is 2.39. The molecular weight excluding hydrogens is 329 g/mol. The minimum atomic E-state index is -4.21. The van der Waals surface area contributed by atoms with Gasteiger partial charge in [0.05, 0.1) is 6.42 Å². The first-order valence-corrected chi connectivity index (χ1v) is 8.38. The molecule has 0 aliphatic heterocycles. The summed E-state index contributed by atoms with van der Waals surface area (Å²) in [7, 11) is 0. The second-order valence-corrected chi connectivity index (χ2v) is 7.09. The molecule has 0 saturated heterocycles. The van der Waals surface area contributed by atoms with Gasteiger partial charge in [0.1, 0.15) is 0 Å². The van der Waals surface area contributed by atoms with Crippen LogP contribution in [0, 0.1) is 11.3 Å². The van der Waals surface area contributed by atoms with E-state index in [4.69, 9.17) is 5.73 Å². The van der Waals surface area contributed by atoms with Gasteiger partial charge in [-0.2, -0.15) is 13.2 Å². The van der Waals surface area contributed by atoms with Crippen molar-refractivity contribution in [2.75, 3.05) is 19.6 Å². The van der Waals surface area contributed by atoms with E-state index in [1.165, 1.54) is 4.90 Å². The quantitative estimate of drug-likeness (QED) is 0.752. The van der Waals surface area contributed by atoms with Gasteiger partial charge in [-0.25, -0.2) is 0 Å². The maximum atomic E-state index is 12.6. The highest BCUT2D eigenvalue weighted by molar-refractivity contribution is 5.85. The summed E-state index contributed by atoms with van der Waals surface area (Å²) in [5, 5.41) is 0. The third-order valence-corrected chi connectivity index (χ3v) is 5.07. The van der Waals surface area contributed by atoms with Crippen molar-refractivity contribution in [3.05, 3.63) is 0 Å². The Morgan fingerprint density at radius 2 is 1.78 bits per heavy atom. The lowest BCUT2D eigenvalue weighted by atomic mass is 9.71. The predicted octanol–water partition coefficient (Wildman–Crippen LogP) is 3.90. The molecule has 2 N–H and O–H groups in total. The van der Waals surface area contributed by atoms with Crippen LogP contribution in [0.15, 0.2) is 0 Å². The van der Waals surface area contributed by atoms with Gasteiger partial charge in [0.2, 0.25) is 5.91 Å². The molecule has 2 aliphatic rings. The van der Waals surface area contributed by atoms with Gasteiger partial charge < -0.3 is 10.6 Å². The van der Waals surface area contributed by atoms with Crippen molar-refractivity contribution in [1.29, 1.82) is 0 Å². The van der Waals surface area contributed by atoms with Crippen molar-refractivity contribution in [2.24, 2.45) is 17.1 Å². The Morgan fingerprint density at radius 1 is 1.17 bits per heavy atom. The van der Waals surface area contributed by atoms with Crippen LogP contribution in [0.5, 0.6) is 0 Å². The fourth-order valence-corrected chi connectivity index (χ4v) is 3.38. The molecule has 7 heteroatoms. The summed E-state index contributed by atoms with van der Waals surface area (Å²) in [4.78, 5) is 14.0. The Hall–Kier alpha value is -0.490. The minimum Gasteiger partial charge on any atom is -0.342 e. The van der Waals surface area contributed by atoms with Gasteiger partial charge >= 0.3 is 6.18 Å². The predicted molar refractivity (Wildman–Crippen MR) is 86.4 cm³/mol. The van der Waals surface area contributed by atoms with E-state index in [0.29, 0.717) is 25.4 Å². The highest BCUT2D eigenvalue weighted by Gasteiger charge is 2.37. The van der Waals surface area contributed by atoms with Gasteiger partial charge in [0.25, 0.3) is 0 Å². The number of carbonyl (C=O) groups excluding carboxylic acids is 1. The lowest BCUT2D eigenvalue weighted by molar-refractivity contribution is -0.147. The Labute approximate surface area is 142 Å².